The largest absolute Gasteiger partial charge is 0.466 e. The second kappa shape index (κ2) is 55.9. The number of nitrogens with one attached hydrogen (secondary N) is 1. The number of ether oxygens (including phenoxy) is 1. The molecule has 0 aromatic heterocycles. The lowest BCUT2D eigenvalue weighted by Crippen LogP contribution is -2.45. The lowest BCUT2D eigenvalue weighted by Gasteiger charge is -2.22. The second-order valence-electron chi connectivity index (χ2n) is 20.3. The normalized spacial score (nSPS) is 12.7. The van der Waals surface area contributed by atoms with Crippen molar-refractivity contribution in [3.8, 4) is 0 Å². The molecule has 0 aromatic carbocycles. The van der Waals surface area contributed by atoms with Gasteiger partial charge in [0.1, 0.15) is 0 Å². The third kappa shape index (κ3) is 51.7. The van der Waals surface area contributed by atoms with Gasteiger partial charge in [0.2, 0.25) is 5.91 Å². The van der Waals surface area contributed by atoms with Crippen LogP contribution in [0.25, 0.3) is 0 Å². The summed E-state index contributed by atoms with van der Waals surface area (Å²) >= 11 is 0. The molecule has 6 heteroatoms. The van der Waals surface area contributed by atoms with E-state index in [1.165, 1.54) is 238 Å². The highest BCUT2D eigenvalue weighted by molar-refractivity contribution is 5.76. The molecule has 0 bridgehead atoms. The predicted octanol–water partition coefficient (Wildman–Crippen LogP) is 18.2. The maximum Gasteiger partial charge on any atom is 0.305 e. The highest BCUT2D eigenvalue weighted by atomic mass is 16.5. The van der Waals surface area contributed by atoms with Gasteiger partial charge in [-0.1, -0.05) is 276 Å². The van der Waals surface area contributed by atoms with Gasteiger partial charge in [-0.3, -0.25) is 9.59 Å². The van der Waals surface area contributed by atoms with Crippen LogP contribution in [0.15, 0.2) is 24.3 Å². The Balaban J connectivity index is 3.45. The van der Waals surface area contributed by atoms with Crippen LogP contribution in [-0.4, -0.2) is 47.4 Å². The molecule has 6 nitrogen and oxygen atoms in total. The van der Waals surface area contributed by atoms with E-state index in [0.29, 0.717) is 25.9 Å². The van der Waals surface area contributed by atoms with Crippen LogP contribution < -0.4 is 5.32 Å². The van der Waals surface area contributed by atoms with Crippen LogP contribution in [-0.2, 0) is 14.3 Å². The van der Waals surface area contributed by atoms with Gasteiger partial charge in [-0.2, -0.15) is 0 Å². The highest BCUT2D eigenvalue weighted by Gasteiger charge is 2.20. The molecule has 0 saturated carbocycles. The summed E-state index contributed by atoms with van der Waals surface area (Å²) in [7, 11) is 0. The molecule has 0 aliphatic carbocycles. The molecule has 390 valence electrons. The van der Waals surface area contributed by atoms with Crippen molar-refractivity contribution in [3.63, 3.8) is 0 Å². The number of hydrogen-bond donors (Lipinski definition) is 3. The molecule has 0 aliphatic heterocycles. The Morgan fingerprint density at radius 2 is 0.758 bits per heavy atom. The van der Waals surface area contributed by atoms with Crippen LogP contribution in [0.3, 0.4) is 0 Å². The smallest absolute Gasteiger partial charge is 0.305 e. The van der Waals surface area contributed by atoms with E-state index in [1.54, 1.807) is 0 Å². The topological polar surface area (TPSA) is 95.9 Å². The average Bonchev–Trinajstić information content (AvgIpc) is 3.32. The van der Waals surface area contributed by atoms with Crippen molar-refractivity contribution in [1.29, 1.82) is 0 Å². The number of hydrogen-bond acceptors (Lipinski definition) is 5. The van der Waals surface area contributed by atoms with E-state index >= 15 is 0 Å². The molecule has 2 atom stereocenters. The van der Waals surface area contributed by atoms with Crippen molar-refractivity contribution in [2.24, 2.45) is 0 Å². The molecule has 1 amide bonds. The van der Waals surface area contributed by atoms with Gasteiger partial charge in [0, 0.05) is 12.8 Å². The summed E-state index contributed by atoms with van der Waals surface area (Å²) in [6, 6.07) is -0.548. The van der Waals surface area contributed by atoms with Crippen molar-refractivity contribution in [2.75, 3.05) is 13.2 Å². The van der Waals surface area contributed by atoms with E-state index < -0.39 is 12.1 Å². The Hall–Kier alpha value is -1.66. The summed E-state index contributed by atoms with van der Waals surface area (Å²) in [5, 5.41) is 23.3. The summed E-state index contributed by atoms with van der Waals surface area (Å²) < 4.78 is 5.46. The fourth-order valence-electron chi connectivity index (χ4n) is 9.20. The van der Waals surface area contributed by atoms with Crippen molar-refractivity contribution in [1.82, 2.24) is 5.32 Å². The summed E-state index contributed by atoms with van der Waals surface area (Å²) in [6.45, 7) is 4.95. The first-order valence-electron chi connectivity index (χ1n) is 29.6. The zero-order chi connectivity index (χ0) is 47.9. The maximum atomic E-state index is 12.5. The number of aliphatic hydroxyl groups is 2. The Kier molecular flexibility index (Phi) is 54.5. The molecule has 0 heterocycles. The quantitative estimate of drug-likeness (QED) is 0.0321. The average molecular weight is 931 g/mol. The Labute approximate surface area is 411 Å². The van der Waals surface area contributed by atoms with Crippen LogP contribution >= 0.6 is 0 Å². The maximum absolute atomic E-state index is 12.5. The van der Waals surface area contributed by atoms with Crippen LogP contribution in [0, 0.1) is 0 Å². The molecule has 0 radical (unpaired) electrons. The van der Waals surface area contributed by atoms with Gasteiger partial charge in [-0.25, -0.2) is 0 Å². The first-order valence-corrected chi connectivity index (χ1v) is 29.6. The van der Waals surface area contributed by atoms with Gasteiger partial charge in [0.15, 0.2) is 0 Å². The third-order valence-corrected chi connectivity index (χ3v) is 13.8. The fraction of sp³-hybridized carbons (Fsp3) is 0.900. The molecule has 0 aromatic rings. The molecule has 0 saturated heterocycles. The number of unbranched alkanes of at least 4 members (excludes halogenated alkanes) is 40. The molecular formula is C60H115NO5. The first kappa shape index (κ1) is 64.3. The van der Waals surface area contributed by atoms with Crippen molar-refractivity contribution >= 4 is 11.9 Å². The minimum Gasteiger partial charge on any atom is -0.466 e. The standard InChI is InChI=1S/C60H115NO5/c1-3-5-7-9-11-13-15-16-26-29-33-36-40-44-48-52-58(63)57(56-62)61-59(64)53-49-45-41-37-34-30-27-24-22-20-18-17-19-21-23-25-28-31-35-39-43-47-51-55-66-60(65)54-50-46-42-38-32-14-12-10-8-6-4-2/h17,19-20,22,57-58,62-63H,3-16,18,21,23-56H2,1-2H3,(H,61,64)/b19-17-,22-20-. The van der Waals surface area contributed by atoms with E-state index in [9.17, 15) is 19.8 Å². The van der Waals surface area contributed by atoms with Crippen LogP contribution in [0.1, 0.15) is 322 Å². The molecule has 0 spiro atoms. The van der Waals surface area contributed by atoms with Gasteiger partial charge in [0.25, 0.3) is 0 Å². The van der Waals surface area contributed by atoms with E-state index in [4.69, 9.17) is 4.74 Å². The molecule has 0 aliphatic rings. The third-order valence-electron chi connectivity index (χ3n) is 13.8. The Morgan fingerprint density at radius 3 is 1.15 bits per heavy atom. The van der Waals surface area contributed by atoms with Gasteiger partial charge >= 0.3 is 5.97 Å². The number of aliphatic hydroxyl groups excluding tert-OH is 2. The SMILES string of the molecule is CCCCCCCCCCCCCCCCCC(O)C(CO)NC(=O)CCCCCCCCC/C=C\C/C=C\CCCCCCCCCCCOC(=O)CCCCCCCCCCCCC. The Bertz CT molecular complexity index is 1030. The number of carbonyl (C=O) groups excluding carboxylic acids is 2. The van der Waals surface area contributed by atoms with E-state index in [1.807, 2.05) is 0 Å². The number of rotatable bonds is 55. The van der Waals surface area contributed by atoms with E-state index in [0.717, 1.165) is 51.4 Å². The lowest BCUT2D eigenvalue weighted by molar-refractivity contribution is -0.143. The first-order chi connectivity index (χ1) is 32.5. The van der Waals surface area contributed by atoms with E-state index in [2.05, 4.69) is 43.5 Å². The highest BCUT2D eigenvalue weighted by Crippen LogP contribution is 2.17. The van der Waals surface area contributed by atoms with Crippen molar-refractivity contribution in [2.45, 2.75) is 334 Å². The molecule has 0 fully saturated rings. The summed E-state index contributed by atoms with van der Waals surface area (Å²) in [4.78, 5) is 24.5. The summed E-state index contributed by atoms with van der Waals surface area (Å²) in [6.07, 6.45) is 67.5. The zero-order valence-corrected chi connectivity index (χ0v) is 44.4. The number of carbonyl (C=O) groups is 2. The molecular weight excluding hydrogens is 815 g/mol. The van der Waals surface area contributed by atoms with Crippen LogP contribution in [0.4, 0.5) is 0 Å². The minimum absolute atomic E-state index is 0.00690. The summed E-state index contributed by atoms with van der Waals surface area (Å²) in [5.41, 5.74) is 0. The van der Waals surface area contributed by atoms with Gasteiger partial charge in [-0.15, -0.1) is 0 Å². The van der Waals surface area contributed by atoms with Gasteiger partial charge in [-0.05, 0) is 57.8 Å². The van der Waals surface area contributed by atoms with Gasteiger partial charge < -0.3 is 20.3 Å². The van der Waals surface area contributed by atoms with Crippen LogP contribution in [0.5, 0.6) is 0 Å². The zero-order valence-electron chi connectivity index (χ0n) is 44.4. The van der Waals surface area contributed by atoms with Crippen LogP contribution in [0.2, 0.25) is 0 Å². The lowest BCUT2D eigenvalue weighted by atomic mass is 10.0. The second-order valence-corrected chi connectivity index (χ2v) is 20.3. The minimum atomic E-state index is -0.670. The summed E-state index contributed by atoms with van der Waals surface area (Å²) in [5.74, 6) is -0.0370. The number of amides is 1. The monoisotopic (exact) mass is 930 g/mol. The number of allylic oxidation sites excluding steroid dienone is 4. The predicted molar refractivity (Wildman–Crippen MR) is 287 cm³/mol. The van der Waals surface area contributed by atoms with Crippen molar-refractivity contribution < 1.29 is 24.5 Å². The molecule has 3 N–H and O–H groups in total. The molecule has 66 heavy (non-hydrogen) atoms. The Morgan fingerprint density at radius 1 is 0.424 bits per heavy atom. The van der Waals surface area contributed by atoms with Gasteiger partial charge in [0.05, 0.1) is 25.4 Å². The molecule has 2 unspecified atom stereocenters. The fourth-order valence-corrected chi connectivity index (χ4v) is 9.20. The van der Waals surface area contributed by atoms with Crippen molar-refractivity contribution in [3.05, 3.63) is 24.3 Å². The number of esters is 1. The molecule has 0 rings (SSSR count). The van der Waals surface area contributed by atoms with E-state index in [-0.39, 0.29) is 18.5 Å².